The molecule has 108 valence electrons. The monoisotopic (exact) mass is 285 g/mol. The molecule has 1 aromatic heterocycles. The van der Waals surface area contributed by atoms with E-state index in [4.69, 9.17) is 0 Å². The predicted molar refractivity (Wildman–Crippen MR) is 80.0 cm³/mol. The number of anilines is 2. The van der Waals surface area contributed by atoms with Crippen molar-refractivity contribution in [1.29, 1.82) is 0 Å². The number of halogens is 1. The maximum absolute atomic E-state index is 12.8. The Morgan fingerprint density at radius 1 is 1.10 bits per heavy atom. The van der Waals surface area contributed by atoms with E-state index in [1.54, 1.807) is 6.20 Å². The molecule has 1 N–H and O–H groups in total. The Morgan fingerprint density at radius 2 is 1.81 bits per heavy atom. The Morgan fingerprint density at radius 3 is 2.43 bits per heavy atom. The van der Waals surface area contributed by atoms with E-state index in [9.17, 15) is 9.18 Å². The van der Waals surface area contributed by atoms with Crippen LogP contribution in [0.2, 0.25) is 0 Å². The molecule has 0 bridgehead atoms. The van der Waals surface area contributed by atoms with Crippen LogP contribution in [0.15, 0.2) is 42.6 Å². The molecule has 0 saturated carbocycles. The second kappa shape index (κ2) is 5.91. The molecule has 0 unspecified atom stereocenters. The fourth-order valence-corrected chi connectivity index (χ4v) is 2.40. The Bertz CT molecular complexity index is 619. The van der Waals surface area contributed by atoms with Crippen LogP contribution in [0.4, 0.5) is 15.9 Å². The summed E-state index contributed by atoms with van der Waals surface area (Å²) in [4.78, 5) is 18.6. The third-order valence-electron chi connectivity index (χ3n) is 3.54. The van der Waals surface area contributed by atoms with Crippen molar-refractivity contribution in [1.82, 2.24) is 4.98 Å². The lowest BCUT2D eigenvalue weighted by Gasteiger charge is -2.16. The molecule has 0 aliphatic carbocycles. The van der Waals surface area contributed by atoms with Crippen LogP contribution in [0, 0.1) is 5.82 Å². The highest BCUT2D eigenvalue weighted by Gasteiger charge is 2.13. The average Bonchev–Trinajstić information content (AvgIpc) is 3.03. The van der Waals surface area contributed by atoms with E-state index in [2.05, 4.69) is 15.2 Å². The molecule has 0 atom stereocenters. The number of nitrogens with one attached hydrogen (secondary N) is 1. The number of hydrogen-bond acceptors (Lipinski definition) is 3. The summed E-state index contributed by atoms with van der Waals surface area (Å²) in [5, 5.41) is 2.75. The Hall–Kier alpha value is -2.43. The van der Waals surface area contributed by atoms with Crippen LogP contribution in [-0.2, 0) is 0 Å². The smallest absolute Gasteiger partial charge is 0.255 e. The number of amides is 1. The molecular weight excluding hydrogens is 269 g/mol. The van der Waals surface area contributed by atoms with Crippen molar-refractivity contribution in [2.24, 2.45) is 0 Å². The fraction of sp³-hybridized carbons (Fsp3) is 0.250. The van der Waals surface area contributed by atoms with Crippen molar-refractivity contribution in [2.75, 3.05) is 23.3 Å². The van der Waals surface area contributed by atoms with Gasteiger partial charge < -0.3 is 10.2 Å². The lowest BCUT2D eigenvalue weighted by atomic mass is 10.2. The Balaban J connectivity index is 1.67. The third kappa shape index (κ3) is 3.18. The average molecular weight is 285 g/mol. The number of hydrogen-bond donors (Lipinski definition) is 1. The van der Waals surface area contributed by atoms with Crippen LogP contribution in [0.5, 0.6) is 0 Å². The van der Waals surface area contributed by atoms with E-state index in [1.165, 1.54) is 37.1 Å². The van der Waals surface area contributed by atoms with Gasteiger partial charge in [0, 0.05) is 18.7 Å². The number of rotatable bonds is 3. The highest BCUT2D eigenvalue weighted by molar-refractivity contribution is 6.04. The molecular formula is C16H16FN3O. The quantitative estimate of drug-likeness (QED) is 0.942. The van der Waals surface area contributed by atoms with Gasteiger partial charge in [-0.15, -0.1) is 0 Å². The standard InChI is InChI=1S/C16H16FN3O/c17-13-5-3-12(4-6-13)16(21)19-14-7-8-15(18-11-14)20-9-1-2-10-20/h3-8,11H,1-2,9-10H2,(H,19,21). The van der Waals surface area contributed by atoms with E-state index < -0.39 is 0 Å². The van der Waals surface area contributed by atoms with Crippen LogP contribution in [0.3, 0.4) is 0 Å². The summed E-state index contributed by atoms with van der Waals surface area (Å²) in [6.45, 7) is 2.07. The van der Waals surface area contributed by atoms with Gasteiger partial charge in [0.15, 0.2) is 0 Å². The van der Waals surface area contributed by atoms with Crippen LogP contribution < -0.4 is 10.2 Å². The van der Waals surface area contributed by atoms with Gasteiger partial charge in [-0.05, 0) is 49.2 Å². The molecule has 1 amide bonds. The number of nitrogens with zero attached hydrogens (tertiary/aromatic N) is 2. The van der Waals surface area contributed by atoms with Gasteiger partial charge in [-0.3, -0.25) is 4.79 Å². The third-order valence-corrected chi connectivity index (χ3v) is 3.54. The number of carbonyl (C=O) groups excluding carboxylic acids is 1. The minimum Gasteiger partial charge on any atom is -0.357 e. The van der Waals surface area contributed by atoms with E-state index in [0.29, 0.717) is 11.3 Å². The molecule has 2 aromatic rings. The van der Waals surface area contributed by atoms with E-state index >= 15 is 0 Å². The minimum absolute atomic E-state index is 0.272. The summed E-state index contributed by atoms with van der Waals surface area (Å²) >= 11 is 0. The molecule has 1 aromatic carbocycles. The minimum atomic E-state index is -0.358. The zero-order valence-corrected chi connectivity index (χ0v) is 11.6. The van der Waals surface area contributed by atoms with Crippen molar-refractivity contribution in [2.45, 2.75) is 12.8 Å². The SMILES string of the molecule is O=C(Nc1ccc(N2CCCC2)nc1)c1ccc(F)cc1. The number of carbonyl (C=O) groups is 1. The first-order valence-electron chi connectivity index (χ1n) is 7.00. The van der Waals surface area contributed by atoms with E-state index in [0.717, 1.165) is 18.9 Å². The largest absolute Gasteiger partial charge is 0.357 e. The predicted octanol–water partition coefficient (Wildman–Crippen LogP) is 3.07. The molecule has 1 saturated heterocycles. The normalized spacial score (nSPS) is 14.2. The topological polar surface area (TPSA) is 45.2 Å². The number of aromatic nitrogens is 1. The molecule has 5 heteroatoms. The van der Waals surface area contributed by atoms with E-state index in [-0.39, 0.29) is 11.7 Å². The van der Waals surface area contributed by atoms with Gasteiger partial charge >= 0.3 is 0 Å². The van der Waals surface area contributed by atoms with Gasteiger partial charge in [-0.1, -0.05) is 0 Å². The molecule has 1 fully saturated rings. The van der Waals surface area contributed by atoms with Gasteiger partial charge in [0.05, 0.1) is 11.9 Å². The highest BCUT2D eigenvalue weighted by Crippen LogP contribution is 2.19. The van der Waals surface area contributed by atoms with Crippen molar-refractivity contribution in [3.8, 4) is 0 Å². The molecule has 0 spiro atoms. The second-order valence-electron chi connectivity index (χ2n) is 5.06. The first-order valence-corrected chi connectivity index (χ1v) is 7.00. The van der Waals surface area contributed by atoms with Crippen LogP contribution in [-0.4, -0.2) is 24.0 Å². The van der Waals surface area contributed by atoms with Crippen molar-refractivity contribution >= 4 is 17.4 Å². The maximum Gasteiger partial charge on any atom is 0.255 e. The van der Waals surface area contributed by atoms with Crippen LogP contribution in [0.25, 0.3) is 0 Å². The Labute approximate surface area is 122 Å². The fourth-order valence-electron chi connectivity index (χ4n) is 2.40. The zero-order valence-electron chi connectivity index (χ0n) is 11.6. The molecule has 21 heavy (non-hydrogen) atoms. The summed E-state index contributed by atoms with van der Waals surface area (Å²) in [7, 11) is 0. The molecule has 1 aliphatic rings. The highest BCUT2D eigenvalue weighted by atomic mass is 19.1. The van der Waals surface area contributed by atoms with Gasteiger partial charge in [-0.25, -0.2) is 9.37 Å². The summed E-state index contributed by atoms with van der Waals surface area (Å²) in [6.07, 6.45) is 4.05. The summed E-state index contributed by atoms with van der Waals surface area (Å²) in [6, 6.07) is 9.19. The lowest BCUT2D eigenvalue weighted by molar-refractivity contribution is 0.102. The van der Waals surface area contributed by atoms with Gasteiger partial charge in [0.2, 0.25) is 0 Å². The second-order valence-corrected chi connectivity index (χ2v) is 5.06. The molecule has 2 heterocycles. The lowest BCUT2D eigenvalue weighted by Crippen LogP contribution is -2.19. The first-order chi connectivity index (χ1) is 10.2. The molecule has 1 aliphatic heterocycles. The number of benzene rings is 1. The Kier molecular flexibility index (Phi) is 3.81. The molecule has 3 rings (SSSR count). The summed E-state index contributed by atoms with van der Waals surface area (Å²) < 4.78 is 12.8. The van der Waals surface area contributed by atoms with Gasteiger partial charge in [0.1, 0.15) is 11.6 Å². The first kappa shape index (κ1) is 13.5. The molecule has 4 nitrogen and oxygen atoms in total. The van der Waals surface area contributed by atoms with Crippen LogP contribution >= 0.6 is 0 Å². The van der Waals surface area contributed by atoms with Gasteiger partial charge in [0.25, 0.3) is 5.91 Å². The van der Waals surface area contributed by atoms with E-state index in [1.807, 2.05) is 12.1 Å². The van der Waals surface area contributed by atoms with Crippen LogP contribution in [0.1, 0.15) is 23.2 Å². The van der Waals surface area contributed by atoms with Crippen molar-refractivity contribution in [3.63, 3.8) is 0 Å². The maximum atomic E-state index is 12.8. The van der Waals surface area contributed by atoms with Gasteiger partial charge in [-0.2, -0.15) is 0 Å². The number of pyridine rings is 1. The summed E-state index contributed by atoms with van der Waals surface area (Å²) in [5.41, 5.74) is 1.05. The van der Waals surface area contributed by atoms with Crippen molar-refractivity contribution < 1.29 is 9.18 Å². The zero-order chi connectivity index (χ0) is 14.7. The summed E-state index contributed by atoms with van der Waals surface area (Å²) in [5.74, 6) is 0.307. The van der Waals surface area contributed by atoms with Crippen molar-refractivity contribution in [3.05, 3.63) is 54.0 Å². The molecule has 0 radical (unpaired) electrons.